The summed E-state index contributed by atoms with van der Waals surface area (Å²) in [5.41, 5.74) is 2.17. The average molecular weight is 441 g/mol. The number of carbonyl (C=O) groups is 2. The summed E-state index contributed by atoms with van der Waals surface area (Å²) >= 11 is 0. The summed E-state index contributed by atoms with van der Waals surface area (Å²) in [5, 5.41) is 22.6. The minimum Gasteiger partial charge on any atom is -0.480 e. The lowest BCUT2D eigenvalue weighted by atomic mass is 9.89. The third-order valence-electron chi connectivity index (χ3n) is 5.58. The number of alkyl halides is 3. The highest BCUT2D eigenvalue weighted by atomic mass is 19.4. The molecule has 8 heteroatoms. The van der Waals surface area contributed by atoms with Crippen LogP contribution in [-0.4, -0.2) is 28.1 Å². The molecule has 0 bridgehead atoms. The third kappa shape index (κ3) is 3.85. The Bertz CT molecular complexity index is 1130. The second kappa shape index (κ2) is 8.12. The van der Waals surface area contributed by atoms with Crippen LogP contribution in [0.2, 0.25) is 0 Å². The quantitative estimate of drug-likeness (QED) is 0.556. The van der Waals surface area contributed by atoms with Gasteiger partial charge in [0.1, 0.15) is 6.04 Å². The highest BCUT2D eigenvalue weighted by Crippen LogP contribution is 2.46. The van der Waals surface area contributed by atoms with E-state index in [-0.39, 0.29) is 5.56 Å². The molecule has 1 aliphatic carbocycles. The van der Waals surface area contributed by atoms with Crippen LogP contribution in [0.3, 0.4) is 0 Å². The molecule has 4 rings (SSSR count). The van der Waals surface area contributed by atoms with E-state index in [1.165, 1.54) is 0 Å². The molecule has 32 heavy (non-hydrogen) atoms. The first-order chi connectivity index (χ1) is 15.2. The molecule has 164 valence electrons. The van der Waals surface area contributed by atoms with E-state index in [0.717, 1.165) is 46.5 Å². The molecule has 0 unspecified atom stereocenters. The van der Waals surface area contributed by atoms with Gasteiger partial charge in [0.25, 0.3) is 5.91 Å². The number of nitrogens with one attached hydrogen (secondary N) is 1. The van der Waals surface area contributed by atoms with Crippen LogP contribution < -0.4 is 5.32 Å². The molecule has 5 nitrogen and oxygen atoms in total. The average Bonchev–Trinajstić information content (AvgIpc) is 3.10. The Balaban J connectivity index is 1.62. The third-order valence-corrected chi connectivity index (χ3v) is 5.58. The monoisotopic (exact) mass is 441 g/mol. The molecular formula is C24H18F3NO4. The summed E-state index contributed by atoms with van der Waals surface area (Å²) in [6.45, 7) is 0. The van der Waals surface area contributed by atoms with Crippen LogP contribution in [0.4, 0.5) is 13.2 Å². The second-order valence-corrected chi connectivity index (χ2v) is 7.50. The van der Waals surface area contributed by atoms with E-state index in [9.17, 15) is 33.0 Å². The van der Waals surface area contributed by atoms with Gasteiger partial charge in [-0.3, -0.25) is 4.79 Å². The number of hydrogen-bond donors (Lipinski definition) is 3. The van der Waals surface area contributed by atoms with Gasteiger partial charge in [0.2, 0.25) is 0 Å². The fourth-order valence-corrected chi connectivity index (χ4v) is 4.08. The van der Waals surface area contributed by atoms with Gasteiger partial charge in [0, 0.05) is 5.92 Å². The van der Waals surface area contributed by atoms with Crippen molar-refractivity contribution in [2.45, 2.75) is 24.2 Å². The van der Waals surface area contributed by atoms with Gasteiger partial charge in [-0.15, -0.1) is 0 Å². The maximum Gasteiger partial charge on any atom is 0.416 e. The molecule has 0 radical (unpaired) electrons. The Morgan fingerprint density at radius 3 is 1.81 bits per heavy atom. The van der Waals surface area contributed by atoms with E-state index < -0.39 is 41.7 Å². The van der Waals surface area contributed by atoms with Crippen molar-refractivity contribution >= 4 is 11.9 Å². The van der Waals surface area contributed by atoms with Crippen LogP contribution in [0.25, 0.3) is 11.1 Å². The fourth-order valence-electron chi connectivity index (χ4n) is 4.08. The Hall–Kier alpha value is -3.65. The molecule has 3 aromatic carbocycles. The standard InChI is InChI=1S/C24H18F3NO4/c25-24(26,27)14-11-9-13(10-12-14)21(29)22(30)28-20(23(31)32)19-17-7-3-1-5-15(17)16-6-2-4-8-18(16)19/h1-12,19-21,29H,(H,28,30)(H,31,32)/t20-,21+/m0/s1. The van der Waals surface area contributed by atoms with Crippen molar-refractivity contribution < 1.29 is 33.0 Å². The maximum atomic E-state index is 12.7. The highest BCUT2D eigenvalue weighted by Gasteiger charge is 2.39. The van der Waals surface area contributed by atoms with Crippen LogP contribution in [-0.2, 0) is 15.8 Å². The molecule has 0 aromatic heterocycles. The minimum absolute atomic E-state index is 0.0770. The predicted octanol–water partition coefficient (Wildman–Crippen LogP) is 4.12. The maximum absolute atomic E-state index is 12.7. The van der Waals surface area contributed by atoms with E-state index >= 15 is 0 Å². The molecule has 0 heterocycles. The number of aliphatic hydroxyl groups is 1. The molecule has 1 aliphatic rings. The van der Waals surface area contributed by atoms with Crippen molar-refractivity contribution in [1.82, 2.24) is 5.32 Å². The van der Waals surface area contributed by atoms with Crippen LogP contribution >= 0.6 is 0 Å². The van der Waals surface area contributed by atoms with Crippen molar-refractivity contribution in [2.24, 2.45) is 0 Å². The van der Waals surface area contributed by atoms with Crippen LogP contribution in [0.1, 0.15) is 34.3 Å². The molecule has 0 spiro atoms. The molecule has 0 aliphatic heterocycles. The molecule has 0 saturated carbocycles. The van der Waals surface area contributed by atoms with E-state index in [1.807, 2.05) is 24.3 Å². The Morgan fingerprint density at radius 2 is 1.34 bits per heavy atom. The number of halogens is 3. The van der Waals surface area contributed by atoms with Gasteiger partial charge in [0.05, 0.1) is 5.56 Å². The van der Waals surface area contributed by atoms with E-state index in [0.29, 0.717) is 0 Å². The summed E-state index contributed by atoms with van der Waals surface area (Å²) in [5.74, 6) is -3.00. The van der Waals surface area contributed by atoms with Crippen molar-refractivity contribution in [3.63, 3.8) is 0 Å². The summed E-state index contributed by atoms with van der Waals surface area (Å²) < 4.78 is 38.2. The number of hydrogen-bond acceptors (Lipinski definition) is 3. The number of aliphatic hydroxyl groups excluding tert-OH is 1. The van der Waals surface area contributed by atoms with Gasteiger partial charge in [0.15, 0.2) is 6.10 Å². The van der Waals surface area contributed by atoms with Gasteiger partial charge in [-0.1, -0.05) is 60.7 Å². The minimum atomic E-state index is -4.55. The van der Waals surface area contributed by atoms with Crippen LogP contribution in [0.5, 0.6) is 0 Å². The first-order valence-corrected chi connectivity index (χ1v) is 9.75. The summed E-state index contributed by atoms with van der Waals surface area (Å²) in [7, 11) is 0. The normalized spacial score (nSPS) is 14.9. The largest absolute Gasteiger partial charge is 0.480 e. The second-order valence-electron chi connectivity index (χ2n) is 7.50. The predicted molar refractivity (Wildman–Crippen MR) is 110 cm³/mol. The number of benzene rings is 3. The van der Waals surface area contributed by atoms with Gasteiger partial charge in [-0.05, 0) is 39.9 Å². The topological polar surface area (TPSA) is 86.6 Å². The zero-order chi connectivity index (χ0) is 23.0. The van der Waals surface area contributed by atoms with Gasteiger partial charge in [-0.25, -0.2) is 4.79 Å². The molecule has 3 N–H and O–H groups in total. The molecule has 1 amide bonds. The molecular weight excluding hydrogens is 423 g/mol. The van der Waals surface area contributed by atoms with Crippen molar-refractivity contribution in [2.75, 3.05) is 0 Å². The smallest absolute Gasteiger partial charge is 0.416 e. The lowest BCUT2D eigenvalue weighted by molar-refractivity contribution is -0.144. The summed E-state index contributed by atoms with van der Waals surface area (Å²) in [6.07, 6.45) is -6.38. The molecule has 0 fully saturated rings. The van der Waals surface area contributed by atoms with E-state index in [1.54, 1.807) is 24.3 Å². The van der Waals surface area contributed by atoms with Gasteiger partial charge in [-0.2, -0.15) is 13.2 Å². The van der Waals surface area contributed by atoms with Crippen LogP contribution in [0.15, 0.2) is 72.8 Å². The van der Waals surface area contributed by atoms with E-state index in [4.69, 9.17) is 0 Å². The molecule has 2 atom stereocenters. The fraction of sp³-hybridized carbons (Fsp3) is 0.167. The number of carboxylic acids is 1. The first kappa shape index (κ1) is 21.6. The number of amides is 1. The number of aliphatic carboxylic acids is 1. The first-order valence-electron chi connectivity index (χ1n) is 9.75. The zero-order valence-corrected chi connectivity index (χ0v) is 16.5. The van der Waals surface area contributed by atoms with Crippen molar-refractivity contribution in [1.29, 1.82) is 0 Å². The Labute approximate surface area is 181 Å². The van der Waals surface area contributed by atoms with Crippen LogP contribution in [0, 0.1) is 0 Å². The summed E-state index contributed by atoms with van der Waals surface area (Å²) in [6, 6.07) is 16.6. The Morgan fingerprint density at radius 1 is 0.844 bits per heavy atom. The lowest BCUT2D eigenvalue weighted by Gasteiger charge is -2.24. The highest BCUT2D eigenvalue weighted by molar-refractivity contribution is 5.90. The number of carboxylic acid groups (broad SMARTS) is 1. The molecule has 3 aromatic rings. The van der Waals surface area contributed by atoms with Gasteiger partial charge < -0.3 is 15.5 Å². The van der Waals surface area contributed by atoms with Crippen molar-refractivity contribution in [3.05, 3.63) is 95.1 Å². The number of rotatable bonds is 5. The zero-order valence-electron chi connectivity index (χ0n) is 16.5. The molecule has 0 saturated heterocycles. The lowest BCUT2D eigenvalue weighted by Crippen LogP contribution is -2.46. The SMILES string of the molecule is O=C(O)[C@@H](NC(=O)[C@H](O)c1ccc(C(F)(F)F)cc1)C1c2ccccc2-c2ccccc21. The van der Waals surface area contributed by atoms with Crippen molar-refractivity contribution in [3.8, 4) is 11.1 Å². The summed E-state index contributed by atoms with van der Waals surface area (Å²) in [4.78, 5) is 24.8. The number of fused-ring (bicyclic) bond motifs is 3. The Kier molecular flexibility index (Phi) is 5.48. The number of carbonyl (C=O) groups excluding carboxylic acids is 1. The van der Waals surface area contributed by atoms with Gasteiger partial charge >= 0.3 is 12.1 Å². The van der Waals surface area contributed by atoms with E-state index in [2.05, 4.69) is 5.32 Å².